The Balaban J connectivity index is 1.49. The van der Waals surface area contributed by atoms with Crippen LogP contribution in [0, 0.1) is 0 Å². The molecule has 0 saturated heterocycles. The lowest BCUT2D eigenvalue weighted by Gasteiger charge is -2.19. The Morgan fingerprint density at radius 1 is 0.933 bits per heavy atom. The lowest BCUT2D eigenvalue weighted by molar-refractivity contribution is -0.123. The number of nitrogens with zero attached hydrogens (tertiary/aromatic N) is 1. The van der Waals surface area contributed by atoms with Gasteiger partial charge >= 0.3 is 0 Å². The maximum Gasteiger partial charge on any atom is 0.238 e. The van der Waals surface area contributed by atoms with Crippen LogP contribution in [0.15, 0.2) is 66.7 Å². The highest BCUT2D eigenvalue weighted by molar-refractivity contribution is 5.92. The number of likely N-dealkylation sites (N-methyl/N-ethyl adjacent to an activating group) is 1. The fourth-order valence-electron chi connectivity index (χ4n) is 3.30. The molecule has 6 nitrogen and oxygen atoms in total. The predicted octanol–water partition coefficient (Wildman–Crippen LogP) is 3.60. The topological polar surface area (TPSA) is 70.7 Å². The molecular formula is C24H27N3O3. The van der Waals surface area contributed by atoms with Crippen molar-refractivity contribution in [3.8, 4) is 5.75 Å². The van der Waals surface area contributed by atoms with Gasteiger partial charge in [0.2, 0.25) is 11.8 Å². The summed E-state index contributed by atoms with van der Waals surface area (Å²) >= 11 is 0. The quantitative estimate of drug-likeness (QED) is 0.601. The zero-order valence-corrected chi connectivity index (χ0v) is 17.5. The average molecular weight is 405 g/mol. The fourth-order valence-corrected chi connectivity index (χ4v) is 3.30. The molecule has 0 aliphatic heterocycles. The minimum Gasteiger partial charge on any atom is -0.497 e. The number of amides is 2. The van der Waals surface area contributed by atoms with E-state index in [4.69, 9.17) is 4.74 Å². The van der Waals surface area contributed by atoms with Crippen LogP contribution in [0.5, 0.6) is 5.75 Å². The number of anilines is 1. The van der Waals surface area contributed by atoms with Crippen LogP contribution < -0.4 is 15.4 Å². The Morgan fingerprint density at radius 3 is 2.43 bits per heavy atom. The first-order chi connectivity index (χ1) is 14.4. The van der Waals surface area contributed by atoms with Gasteiger partial charge in [0.05, 0.1) is 26.2 Å². The van der Waals surface area contributed by atoms with Crippen molar-refractivity contribution in [1.82, 2.24) is 10.2 Å². The van der Waals surface area contributed by atoms with Crippen molar-refractivity contribution >= 4 is 28.3 Å². The van der Waals surface area contributed by atoms with E-state index in [-0.39, 0.29) is 30.9 Å². The van der Waals surface area contributed by atoms with Crippen LogP contribution in [-0.2, 0) is 9.59 Å². The van der Waals surface area contributed by atoms with E-state index in [1.807, 2.05) is 31.2 Å². The van der Waals surface area contributed by atoms with E-state index in [0.717, 1.165) is 10.9 Å². The summed E-state index contributed by atoms with van der Waals surface area (Å²) in [5.74, 6) is 0.344. The van der Waals surface area contributed by atoms with Gasteiger partial charge in [0.15, 0.2) is 0 Å². The van der Waals surface area contributed by atoms with Crippen LogP contribution in [0.4, 0.5) is 5.69 Å². The average Bonchev–Trinajstić information content (AvgIpc) is 2.73. The van der Waals surface area contributed by atoms with Gasteiger partial charge in [-0.1, -0.05) is 42.5 Å². The van der Waals surface area contributed by atoms with E-state index in [2.05, 4.69) is 34.9 Å². The first kappa shape index (κ1) is 21.3. The maximum atomic E-state index is 12.4. The summed E-state index contributed by atoms with van der Waals surface area (Å²) in [6.07, 6.45) is 0. The predicted molar refractivity (Wildman–Crippen MR) is 120 cm³/mol. The summed E-state index contributed by atoms with van der Waals surface area (Å²) < 4.78 is 5.15. The van der Waals surface area contributed by atoms with Crippen LogP contribution in [0.2, 0.25) is 0 Å². The first-order valence-electron chi connectivity index (χ1n) is 9.85. The number of nitrogens with one attached hydrogen (secondary N) is 2. The van der Waals surface area contributed by atoms with Crippen molar-refractivity contribution in [3.63, 3.8) is 0 Å². The Hall–Kier alpha value is -3.38. The summed E-state index contributed by atoms with van der Waals surface area (Å²) in [5, 5.41) is 8.12. The summed E-state index contributed by atoms with van der Waals surface area (Å²) in [5.41, 5.74) is 1.70. The molecule has 0 saturated carbocycles. The van der Waals surface area contributed by atoms with Crippen molar-refractivity contribution < 1.29 is 14.3 Å². The third-order valence-electron chi connectivity index (χ3n) is 4.83. The van der Waals surface area contributed by atoms with Gasteiger partial charge in [-0.25, -0.2) is 0 Å². The molecule has 3 aromatic carbocycles. The molecule has 156 valence electrons. The largest absolute Gasteiger partial charge is 0.497 e. The van der Waals surface area contributed by atoms with Crippen LogP contribution in [-0.4, -0.2) is 44.0 Å². The third-order valence-corrected chi connectivity index (χ3v) is 4.83. The molecule has 0 radical (unpaired) electrons. The van der Waals surface area contributed by atoms with E-state index in [9.17, 15) is 9.59 Å². The van der Waals surface area contributed by atoms with Gasteiger partial charge in [0, 0.05) is 11.8 Å². The Kier molecular flexibility index (Phi) is 7.03. The number of benzene rings is 3. The Bertz CT molecular complexity index is 1030. The molecule has 30 heavy (non-hydrogen) atoms. The molecule has 2 amide bonds. The molecule has 0 unspecified atom stereocenters. The molecule has 0 aliphatic rings. The number of fused-ring (bicyclic) bond motifs is 1. The summed E-state index contributed by atoms with van der Waals surface area (Å²) in [6, 6.07) is 21.3. The summed E-state index contributed by atoms with van der Waals surface area (Å²) in [4.78, 5) is 26.3. The SMILES string of the molecule is COc1cccc(NC(=O)CN(C)CC(=O)N[C@@H](C)c2ccc3ccccc3c2)c1. The van der Waals surface area contributed by atoms with Gasteiger partial charge in [-0.15, -0.1) is 0 Å². The minimum absolute atomic E-state index is 0.106. The van der Waals surface area contributed by atoms with Gasteiger partial charge in [-0.2, -0.15) is 0 Å². The number of carbonyl (C=O) groups is 2. The molecule has 0 aliphatic carbocycles. The highest BCUT2D eigenvalue weighted by Crippen LogP contribution is 2.20. The molecule has 0 spiro atoms. The molecular weight excluding hydrogens is 378 g/mol. The Morgan fingerprint density at radius 2 is 1.67 bits per heavy atom. The molecule has 3 rings (SSSR count). The summed E-state index contributed by atoms with van der Waals surface area (Å²) in [6.45, 7) is 2.19. The molecule has 0 aromatic heterocycles. The lowest BCUT2D eigenvalue weighted by atomic mass is 10.0. The number of rotatable bonds is 8. The standard InChI is InChI=1S/C24H27N3O3/c1-17(19-12-11-18-7-4-5-8-20(18)13-19)25-23(28)15-27(2)16-24(29)26-21-9-6-10-22(14-21)30-3/h4-14,17H,15-16H2,1-3H3,(H,25,28)(H,26,29)/t17-/m0/s1. The van der Waals surface area contributed by atoms with Gasteiger partial charge < -0.3 is 15.4 Å². The van der Waals surface area contributed by atoms with Crippen LogP contribution in [0.3, 0.4) is 0 Å². The van der Waals surface area contributed by atoms with E-state index < -0.39 is 0 Å². The molecule has 1 atom stereocenters. The third kappa shape index (κ3) is 5.81. The normalized spacial score (nSPS) is 11.9. The number of ether oxygens (including phenoxy) is 1. The molecule has 2 N–H and O–H groups in total. The van der Waals surface area contributed by atoms with Gasteiger partial charge in [0.1, 0.15) is 5.75 Å². The van der Waals surface area contributed by atoms with Crippen molar-refractivity contribution in [3.05, 3.63) is 72.3 Å². The van der Waals surface area contributed by atoms with Gasteiger partial charge in [0.25, 0.3) is 0 Å². The van der Waals surface area contributed by atoms with Gasteiger partial charge in [-0.3, -0.25) is 14.5 Å². The zero-order chi connectivity index (χ0) is 21.5. The summed E-state index contributed by atoms with van der Waals surface area (Å²) in [7, 11) is 3.32. The second-order valence-corrected chi connectivity index (χ2v) is 7.35. The van der Waals surface area contributed by atoms with Crippen molar-refractivity contribution in [1.29, 1.82) is 0 Å². The molecule has 0 bridgehead atoms. The maximum absolute atomic E-state index is 12.4. The highest BCUT2D eigenvalue weighted by atomic mass is 16.5. The van der Waals surface area contributed by atoms with Crippen molar-refractivity contribution in [2.75, 3.05) is 32.6 Å². The fraction of sp³-hybridized carbons (Fsp3) is 0.250. The lowest BCUT2D eigenvalue weighted by Crippen LogP contribution is -2.39. The van der Waals surface area contributed by atoms with Gasteiger partial charge in [-0.05, 0) is 48.5 Å². The number of hydrogen-bond donors (Lipinski definition) is 2. The highest BCUT2D eigenvalue weighted by Gasteiger charge is 2.14. The van der Waals surface area contributed by atoms with E-state index >= 15 is 0 Å². The smallest absolute Gasteiger partial charge is 0.238 e. The molecule has 0 heterocycles. The molecule has 3 aromatic rings. The van der Waals surface area contributed by atoms with Crippen LogP contribution in [0.1, 0.15) is 18.5 Å². The number of hydrogen-bond acceptors (Lipinski definition) is 4. The molecule has 0 fully saturated rings. The second kappa shape index (κ2) is 9.89. The van der Waals surface area contributed by atoms with Crippen LogP contribution >= 0.6 is 0 Å². The van der Waals surface area contributed by atoms with Crippen molar-refractivity contribution in [2.24, 2.45) is 0 Å². The van der Waals surface area contributed by atoms with E-state index in [1.54, 1.807) is 37.3 Å². The van der Waals surface area contributed by atoms with Crippen LogP contribution in [0.25, 0.3) is 10.8 Å². The monoisotopic (exact) mass is 405 g/mol. The zero-order valence-electron chi connectivity index (χ0n) is 17.5. The van der Waals surface area contributed by atoms with E-state index in [1.165, 1.54) is 5.39 Å². The van der Waals surface area contributed by atoms with E-state index in [0.29, 0.717) is 11.4 Å². The Labute approximate surface area is 176 Å². The first-order valence-corrected chi connectivity index (χ1v) is 9.85. The second-order valence-electron chi connectivity index (χ2n) is 7.35. The number of carbonyl (C=O) groups excluding carboxylic acids is 2. The molecule has 6 heteroatoms. The number of methoxy groups -OCH3 is 1. The minimum atomic E-state index is -0.193. The van der Waals surface area contributed by atoms with Crippen molar-refractivity contribution in [2.45, 2.75) is 13.0 Å².